The Labute approximate surface area is 179 Å². The van der Waals surface area contributed by atoms with Gasteiger partial charge in [0.25, 0.3) is 0 Å². The van der Waals surface area contributed by atoms with E-state index in [1.807, 2.05) is 0 Å². The zero-order valence-corrected chi connectivity index (χ0v) is 18.5. The van der Waals surface area contributed by atoms with E-state index in [2.05, 4.69) is 26.0 Å². The van der Waals surface area contributed by atoms with Gasteiger partial charge in [0.1, 0.15) is 11.3 Å². The van der Waals surface area contributed by atoms with Crippen molar-refractivity contribution in [3.8, 4) is 17.2 Å². The van der Waals surface area contributed by atoms with E-state index in [4.69, 9.17) is 13.9 Å². The molecule has 0 spiro atoms. The second kappa shape index (κ2) is 13.7. The molecule has 0 aliphatic carbocycles. The van der Waals surface area contributed by atoms with Crippen LogP contribution in [-0.4, -0.2) is 18.3 Å². The number of hydrogen-bond donors (Lipinski definition) is 1. The lowest BCUT2D eigenvalue weighted by atomic mass is 10.1. The summed E-state index contributed by atoms with van der Waals surface area (Å²) in [7, 11) is 0. The van der Waals surface area contributed by atoms with Gasteiger partial charge in [-0.1, -0.05) is 70.9 Å². The minimum Gasteiger partial charge on any atom is -0.499 e. The molecule has 0 bridgehead atoms. The van der Waals surface area contributed by atoms with Crippen molar-refractivity contribution in [2.24, 2.45) is 0 Å². The van der Waals surface area contributed by atoms with E-state index in [0.29, 0.717) is 29.9 Å². The molecular formula is C25H36O5. The SMILES string of the molecule is CC/C=C/CCOc1ccc2c(OCCCCCCCCCC)c(O)c(=O)oc2c1. The number of ether oxygens (including phenoxy) is 2. The molecule has 2 aromatic rings. The van der Waals surface area contributed by atoms with Crippen molar-refractivity contribution in [3.63, 3.8) is 0 Å². The van der Waals surface area contributed by atoms with Crippen LogP contribution in [0.4, 0.5) is 0 Å². The van der Waals surface area contributed by atoms with Gasteiger partial charge in [0, 0.05) is 6.07 Å². The molecule has 166 valence electrons. The van der Waals surface area contributed by atoms with E-state index in [0.717, 1.165) is 25.7 Å². The van der Waals surface area contributed by atoms with E-state index >= 15 is 0 Å². The minimum absolute atomic E-state index is 0.196. The van der Waals surface area contributed by atoms with Crippen LogP contribution in [-0.2, 0) is 0 Å². The highest BCUT2D eigenvalue weighted by Crippen LogP contribution is 2.34. The molecule has 1 aromatic heterocycles. The molecule has 0 aliphatic rings. The third kappa shape index (κ3) is 7.77. The predicted octanol–water partition coefficient (Wildman–Crippen LogP) is 6.75. The van der Waals surface area contributed by atoms with Crippen LogP contribution >= 0.6 is 0 Å². The fraction of sp³-hybridized carbons (Fsp3) is 0.560. The number of allylic oxidation sites excluding steroid dienone is 1. The Kier molecular flexibility index (Phi) is 10.9. The molecule has 0 saturated carbocycles. The quantitative estimate of drug-likeness (QED) is 0.197. The summed E-state index contributed by atoms with van der Waals surface area (Å²) < 4.78 is 16.7. The van der Waals surface area contributed by atoms with E-state index in [9.17, 15) is 9.90 Å². The average molecular weight is 417 g/mol. The van der Waals surface area contributed by atoms with Gasteiger partial charge < -0.3 is 19.0 Å². The number of unbranched alkanes of at least 4 members (excludes halogenated alkanes) is 7. The molecule has 30 heavy (non-hydrogen) atoms. The summed E-state index contributed by atoms with van der Waals surface area (Å²) in [4.78, 5) is 12.0. The third-order valence-corrected chi connectivity index (χ3v) is 5.01. The van der Waals surface area contributed by atoms with Gasteiger partial charge in [-0.3, -0.25) is 0 Å². The second-order valence-electron chi connectivity index (χ2n) is 7.57. The summed E-state index contributed by atoms with van der Waals surface area (Å²) in [6, 6.07) is 5.23. The van der Waals surface area contributed by atoms with Gasteiger partial charge in [0.2, 0.25) is 5.75 Å². The Morgan fingerprint density at radius 3 is 2.40 bits per heavy atom. The molecule has 0 aliphatic heterocycles. The molecule has 2 rings (SSSR count). The first-order valence-electron chi connectivity index (χ1n) is 11.4. The summed E-state index contributed by atoms with van der Waals surface area (Å²) in [5.74, 6) is 0.345. The third-order valence-electron chi connectivity index (χ3n) is 5.01. The Morgan fingerprint density at radius 2 is 1.67 bits per heavy atom. The summed E-state index contributed by atoms with van der Waals surface area (Å²) >= 11 is 0. The van der Waals surface area contributed by atoms with E-state index in [1.54, 1.807) is 18.2 Å². The Bertz CT molecular complexity index is 837. The standard InChI is InChI=1S/C25H36O5/c1-3-5-7-9-10-11-12-14-18-29-24-21-16-15-20(28-17-13-8-6-4-2)19-22(21)30-25(27)23(24)26/h6,8,15-16,19,26H,3-5,7,9-14,17-18H2,1-2H3/b8-6+. The molecule has 0 amide bonds. The van der Waals surface area contributed by atoms with Crippen LogP contribution < -0.4 is 15.1 Å². The molecule has 0 saturated heterocycles. The first-order chi connectivity index (χ1) is 14.7. The van der Waals surface area contributed by atoms with Crippen LogP contribution in [0.25, 0.3) is 11.0 Å². The summed E-state index contributed by atoms with van der Waals surface area (Å²) in [6.07, 6.45) is 15.6. The van der Waals surface area contributed by atoms with Crippen LogP contribution in [0.5, 0.6) is 17.2 Å². The van der Waals surface area contributed by atoms with Crippen molar-refractivity contribution in [1.29, 1.82) is 0 Å². The molecule has 0 unspecified atom stereocenters. The average Bonchev–Trinajstić information content (AvgIpc) is 2.74. The van der Waals surface area contributed by atoms with Gasteiger partial charge >= 0.3 is 5.63 Å². The van der Waals surface area contributed by atoms with Gasteiger partial charge in [-0.25, -0.2) is 4.79 Å². The van der Waals surface area contributed by atoms with E-state index in [-0.39, 0.29) is 5.75 Å². The van der Waals surface area contributed by atoms with Crippen molar-refractivity contribution in [2.75, 3.05) is 13.2 Å². The largest absolute Gasteiger partial charge is 0.499 e. The normalized spacial score (nSPS) is 11.4. The molecular weight excluding hydrogens is 380 g/mol. The topological polar surface area (TPSA) is 68.9 Å². The second-order valence-corrected chi connectivity index (χ2v) is 7.57. The molecule has 1 N–H and O–H groups in total. The summed E-state index contributed by atoms with van der Waals surface area (Å²) in [5.41, 5.74) is -0.443. The zero-order chi connectivity index (χ0) is 21.6. The minimum atomic E-state index is -0.795. The Hall–Kier alpha value is -2.43. The highest BCUT2D eigenvalue weighted by molar-refractivity contribution is 5.86. The van der Waals surface area contributed by atoms with Gasteiger partial charge in [-0.2, -0.15) is 0 Å². The van der Waals surface area contributed by atoms with Crippen molar-refractivity contribution >= 4 is 11.0 Å². The van der Waals surface area contributed by atoms with Gasteiger partial charge in [0.05, 0.1) is 18.6 Å². The first-order valence-corrected chi connectivity index (χ1v) is 11.4. The van der Waals surface area contributed by atoms with Gasteiger partial charge in [-0.15, -0.1) is 0 Å². The highest BCUT2D eigenvalue weighted by atomic mass is 16.5. The van der Waals surface area contributed by atoms with E-state index < -0.39 is 11.4 Å². The van der Waals surface area contributed by atoms with Crippen molar-refractivity contribution in [3.05, 3.63) is 40.8 Å². The summed E-state index contributed by atoms with van der Waals surface area (Å²) in [5, 5.41) is 10.7. The molecule has 0 radical (unpaired) electrons. The molecule has 1 heterocycles. The van der Waals surface area contributed by atoms with Crippen LogP contribution in [0.3, 0.4) is 0 Å². The molecule has 0 atom stereocenters. The number of rotatable bonds is 15. The summed E-state index contributed by atoms with van der Waals surface area (Å²) in [6.45, 7) is 5.32. The Morgan fingerprint density at radius 1 is 0.933 bits per heavy atom. The fourth-order valence-electron chi connectivity index (χ4n) is 3.32. The smallest absolute Gasteiger partial charge is 0.382 e. The van der Waals surface area contributed by atoms with E-state index in [1.165, 1.54) is 38.5 Å². The van der Waals surface area contributed by atoms with Gasteiger partial charge in [0.15, 0.2) is 5.75 Å². The monoisotopic (exact) mass is 416 g/mol. The van der Waals surface area contributed by atoms with Crippen molar-refractivity contribution in [1.82, 2.24) is 0 Å². The van der Waals surface area contributed by atoms with Crippen LogP contribution in [0.2, 0.25) is 0 Å². The van der Waals surface area contributed by atoms with Gasteiger partial charge in [-0.05, 0) is 31.4 Å². The number of benzene rings is 1. The molecule has 5 nitrogen and oxygen atoms in total. The lowest BCUT2D eigenvalue weighted by Gasteiger charge is -2.11. The maximum atomic E-state index is 12.0. The fourth-order valence-corrected chi connectivity index (χ4v) is 3.32. The predicted molar refractivity (Wildman–Crippen MR) is 122 cm³/mol. The maximum absolute atomic E-state index is 12.0. The highest BCUT2D eigenvalue weighted by Gasteiger charge is 2.16. The zero-order valence-electron chi connectivity index (χ0n) is 18.5. The number of fused-ring (bicyclic) bond motifs is 1. The number of aromatic hydroxyl groups is 1. The molecule has 0 fully saturated rings. The first kappa shape index (κ1) is 23.8. The van der Waals surface area contributed by atoms with Crippen LogP contribution in [0, 0.1) is 0 Å². The van der Waals surface area contributed by atoms with Crippen LogP contribution in [0.1, 0.15) is 78.1 Å². The van der Waals surface area contributed by atoms with Crippen LogP contribution in [0.15, 0.2) is 39.6 Å². The lowest BCUT2D eigenvalue weighted by Crippen LogP contribution is -2.05. The molecule has 1 aromatic carbocycles. The van der Waals surface area contributed by atoms with Crippen molar-refractivity contribution in [2.45, 2.75) is 78.1 Å². The number of hydrogen-bond acceptors (Lipinski definition) is 5. The lowest BCUT2D eigenvalue weighted by molar-refractivity contribution is 0.285. The molecule has 5 heteroatoms. The maximum Gasteiger partial charge on any atom is 0.382 e. The van der Waals surface area contributed by atoms with Crippen molar-refractivity contribution < 1.29 is 19.0 Å². The Balaban J connectivity index is 1.91.